The highest BCUT2D eigenvalue weighted by Gasteiger charge is 2.14. The van der Waals surface area contributed by atoms with E-state index in [2.05, 4.69) is 17.2 Å². The van der Waals surface area contributed by atoms with Gasteiger partial charge in [-0.2, -0.15) is 0 Å². The second kappa shape index (κ2) is 3.66. The summed E-state index contributed by atoms with van der Waals surface area (Å²) in [4.78, 5) is 0. The average Bonchev–Trinajstić information content (AvgIpc) is 2.47. The van der Waals surface area contributed by atoms with Gasteiger partial charge in [0, 0.05) is 17.0 Å². The molecule has 0 aliphatic rings. The van der Waals surface area contributed by atoms with E-state index in [1.54, 1.807) is 6.92 Å². The van der Waals surface area contributed by atoms with Gasteiger partial charge in [0.1, 0.15) is 12.0 Å². The number of hydrogen-bond donors (Lipinski definition) is 0. The van der Waals surface area contributed by atoms with Crippen molar-refractivity contribution in [3.63, 3.8) is 0 Å². The zero-order valence-corrected chi connectivity index (χ0v) is 8.84. The highest BCUT2D eigenvalue weighted by molar-refractivity contribution is 7.57. The van der Waals surface area contributed by atoms with Crippen LogP contribution in [0.5, 0.6) is 0 Å². The Morgan fingerprint density at radius 1 is 1.40 bits per heavy atom. The monoisotopic (exact) mass is 228 g/mol. The maximum absolute atomic E-state index is 13.3. The van der Waals surface area contributed by atoms with Gasteiger partial charge in [-0.25, -0.2) is 8.78 Å². The number of hydrogen-bond acceptors (Lipinski definition) is 2. The van der Waals surface area contributed by atoms with Gasteiger partial charge >= 0.3 is 0 Å². The van der Waals surface area contributed by atoms with Crippen LogP contribution >= 0.6 is 0 Å². The van der Waals surface area contributed by atoms with Crippen molar-refractivity contribution in [3.05, 3.63) is 35.1 Å². The van der Waals surface area contributed by atoms with Gasteiger partial charge < -0.3 is 4.42 Å². The minimum absolute atomic E-state index is 0.0514. The SMILES string of the molecule is Cc1c(/C=N\[SH2+])oc2c(F)cc(F)cc12. The first-order valence-electron chi connectivity index (χ1n) is 4.21. The summed E-state index contributed by atoms with van der Waals surface area (Å²) in [6.07, 6.45) is 1.39. The molecule has 0 saturated heterocycles. The Morgan fingerprint density at radius 3 is 2.80 bits per heavy atom. The largest absolute Gasteiger partial charge is 0.452 e. The molecule has 2 aromatic rings. The number of benzene rings is 1. The van der Waals surface area contributed by atoms with Crippen LogP contribution in [0.25, 0.3) is 11.0 Å². The Bertz CT molecular complexity index is 548. The molecule has 0 N–H and O–H groups in total. The van der Waals surface area contributed by atoms with Gasteiger partial charge in [0.05, 0.1) is 12.8 Å². The summed E-state index contributed by atoms with van der Waals surface area (Å²) in [5.41, 5.74) is 0.709. The van der Waals surface area contributed by atoms with Crippen LogP contribution in [0, 0.1) is 18.6 Å². The van der Waals surface area contributed by atoms with Gasteiger partial charge in [0.15, 0.2) is 17.2 Å². The normalized spacial score (nSPS) is 11.7. The molecule has 0 fully saturated rings. The fraction of sp³-hybridized carbons (Fsp3) is 0.100. The molecule has 5 heteroatoms. The van der Waals surface area contributed by atoms with Crippen LogP contribution in [-0.2, 0) is 12.8 Å². The second-order valence-electron chi connectivity index (χ2n) is 3.11. The average molecular weight is 228 g/mol. The minimum Gasteiger partial charge on any atom is -0.452 e. The molecule has 1 aromatic heterocycles. The fourth-order valence-electron chi connectivity index (χ4n) is 1.44. The summed E-state index contributed by atoms with van der Waals surface area (Å²) in [5, 5.41) is 0.425. The van der Waals surface area contributed by atoms with Crippen molar-refractivity contribution in [1.29, 1.82) is 0 Å². The van der Waals surface area contributed by atoms with Gasteiger partial charge in [-0.15, -0.1) is 0 Å². The number of halogens is 2. The molecule has 0 saturated carbocycles. The third-order valence-electron chi connectivity index (χ3n) is 2.18. The summed E-state index contributed by atoms with van der Waals surface area (Å²) in [7, 11) is 0. The highest BCUT2D eigenvalue weighted by atomic mass is 32.1. The van der Waals surface area contributed by atoms with Crippen molar-refractivity contribution < 1.29 is 13.2 Å². The van der Waals surface area contributed by atoms with E-state index >= 15 is 0 Å². The lowest BCUT2D eigenvalue weighted by molar-refractivity contribution is 0.543. The van der Waals surface area contributed by atoms with E-state index in [9.17, 15) is 8.78 Å². The third-order valence-corrected chi connectivity index (χ3v) is 2.30. The summed E-state index contributed by atoms with van der Waals surface area (Å²) < 4.78 is 35.0. The Labute approximate surface area is 90.2 Å². The van der Waals surface area contributed by atoms with Crippen LogP contribution in [0.1, 0.15) is 11.3 Å². The molecule has 0 bridgehead atoms. The molecule has 0 aliphatic carbocycles. The van der Waals surface area contributed by atoms with Crippen LogP contribution in [0.4, 0.5) is 8.78 Å². The molecule has 0 radical (unpaired) electrons. The first kappa shape index (κ1) is 10.2. The van der Waals surface area contributed by atoms with E-state index in [4.69, 9.17) is 4.42 Å². The molecule has 0 spiro atoms. The Balaban J connectivity index is 2.81. The predicted molar refractivity (Wildman–Crippen MR) is 58.6 cm³/mol. The maximum atomic E-state index is 13.3. The smallest absolute Gasteiger partial charge is 0.170 e. The maximum Gasteiger partial charge on any atom is 0.170 e. The Hall–Kier alpha value is -1.36. The Morgan fingerprint density at radius 2 is 2.13 bits per heavy atom. The standard InChI is InChI=1S/C10H7F2NOS/c1-5-7-2-6(11)3-8(12)10(7)14-9(5)4-13-15/h2-4,15H,1H3/p+1/b13-4-. The minimum atomic E-state index is -0.707. The Kier molecular flexibility index (Phi) is 2.48. The zero-order chi connectivity index (χ0) is 11.0. The molecule has 15 heavy (non-hydrogen) atoms. The second-order valence-corrected chi connectivity index (χ2v) is 3.37. The molecule has 2 rings (SSSR count). The van der Waals surface area contributed by atoms with Crippen molar-refractivity contribution in [2.75, 3.05) is 0 Å². The van der Waals surface area contributed by atoms with Gasteiger partial charge in [0.2, 0.25) is 0 Å². The van der Waals surface area contributed by atoms with E-state index < -0.39 is 11.6 Å². The lowest BCUT2D eigenvalue weighted by atomic mass is 10.1. The highest BCUT2D eigenvalue weighted by Crippen LogP contribution is 2.27. The van der Waals surface area contributed by atoms with E-state index in [0.29, 0.717) is 16.7 Å². The van der Waals surface area contributed by atoms with E-state index in [1.165, 1.54) is 12.3 Å². The van der Waals surface area contributed by atoms with Crippen LogP contribution < -0.4 is 0 Å². The molecule has 1 heterocycles. The molecule has 2 nitrogen and oxygen atoms in total. The van der Waals surface area contributed by atoms with Crippen molar-refractivity contribution in [2.45, 2.75) is 6.92 Å². The molecular formula is C10H8F2NOS+. The first-order chi connectivity index (χ1) is 7.13. The number of fused-ring (bicyclic) bond motifs is 1. The number of aryl methyl sites for hydroxylation is 1. The van der Waals surface area contributed by atoms with Crippen molar-refractivity contribution in [3.8, 4) is 0 Å². The van der Waals surface area contributed by atoms with E-state index in [-0.39, 0.29) is 5.58 Å². The summed E-state index contributed by atoms with van der Waals surface area (Å²) in [6, 6.07) is 2.03. The number of rotatable bonds is 1. The van der Waals surface area contributed by atoms with Crippen molar-refractivity contribution in [1.82, 2.24) is 0 Å². The quantitative estimate of drug-likeness (QED) is 0.543. The molecule has 78 valence electrons. The summed E-state index contributed by atoms with van der Waals surface area (Å²) >= 11 is 2.90. The first-order valence-corrected chi connectivity index (χ1v) is 4.66. The summed E-state index contributed by atoms with van der Waals surface area (Å²) in [6.45, 7) is 1.72. The lowest BCUT2D eigenvalue weighted by Gasteiger charge is -1.92. The topological polar surface area (TPSA) is 25.5 Å². The van der Waals surface area contributed by atoms with Crippen LogP contribution in [0.15, 0.2) is 20.9 Å². The molecule has 0 unspecified atom stereocenters. The zero-order valence-electron chi connectivity index (χ0n) is 7.84. The van der Waals surface area contributed by atoms with Crippen molar-refractivity contribution >= 4 is 30.0 Å². The number of furan rings is 1. The lowest BCUT2D eigenvalue weighted by Crippen LogP contribution is -1.81. The van der Waals surface area contributed by atoms with Crippen molar-refractivity contribution in [2.24, 2.45) is 4.40 Å². The van der Waals surface area contributed by atoms with Gasteiger partial charge in [-0.3, -0.25) is 0 Å². The molecule has 0 amide bonds. The van der Waals surface area contributed by atoms with Crippen LogP contribution in [0.3, 0.4) is 0 Å². The van der Waals surface area contributed by atoms with E-state index in [1.807, 2.05) is 0 Å². The van der Waals surface area contributed by atoms with Crippen LogP contribution in [0.2, 0.25) is 0 Å². The van der Waals surface area contributed by atoms with Gasteiger partial charge in [-0.1, -0.05) is 4.40 Å². The van der Waals surface area contributed by atoms with Gasteiger partial charge in [-0.05, 0) is 13.0 Å². The molecule has 1 aromatic carbocycles. The summed E-state index contributed by atoms with van der Waals surface area (Å²) in [5.74, 6) is -0.919. The molecular weight excluding hydrogens is 220 g/mol. The third kappa shape index (κ3) is 1.63. The predicted octanol–water partition coefficient (Wildman–Crippen LogP) is 2.36. The molecule has 0 aliphatic heterocycles. The fourth-order valence-corrected chi connectivity index (χ4v) is 1.56. The number of nitrogens with zero attached hydrogens (tertiary/aromatic N) is 1. The molecule has 0 atom stereocenters. The van der Waals surface area contributed by atoms with Gasteiger partial charge in [0.25, 0.3) is 0 Å². The van der Waals surface area contributed by atoms with Crippen LogP contribution in [-0.4, -0.2) is 6.21 Å². The van der Waals surface area contributed by atoms with E-state index in [0.717, 1.165) is 6.07 Å².